The van der Waals surface area contributed by atoms with Crippen LogP contribution < -0.4 is 5.32 Å². The van der Waals surface area contributed by atoms with Gasteiger partial charge in [-0.25, -0.2) is 0 Å². The Morgan fingerprint density at radius 3 is 2.50 bits per heavy atom. The number of aliphatic carboxylic acids is 1. The van der Waals surface area contributed by atoms with Gasteiger partial charge >= 0.3 is 12.1 Å². The van der Waals surface area contributed by atoms with E-state index in [4.69, 9.17) is 5.11 Å². The summed E-state index contributed by atoms with van der Waals surface area (Å²) in [5, 5.41) is 11.2. The zero-order chi connectivity index (χ0) is 15.3. The minimum atomic E-state index is -4.21. The highest BCUT2D eigenvalue weighted by Crippen LogP contribution is 2.37. The van der Waals surface area contributed by atoms with Crippen LogP contribution in [-0.2, 0) is 9.59 Å². The number of hydrogen-bond acceptors (Lipinski definition) is 2. The predicted octanol–water partition coefficient (Wildman–Crippen LogP) is 2.72. The topological polar surface area (TPSA) is 66.4 Å². The second kappa shape index (κ2) is 6.95. The van der Waals surface area contributed by atoms with E-state index in [-0.39, 0.29) is 37.5 Å². The minimum absolute atomic E-state index is 0.0273. The largest absolute Gasteiger partial charge is 0.481 e. The van der Waals surface area contributed by atoms with E-state index >= 15 is 0 Å². The number of hydrogen-bond donors (Lipinski definition) is 2. The SMILES string of the molecule is CC(CC(=O)O)CC(=O)NC1CCCC(C(F)(F)F)C1. The van der Waals surface area contributed by atoms with E-state index in [0.717, 1.165) is 0 Å². The van der Waals surface area contributed by atoms with Crippen molar-refractivity contribution >= 4 is 11.9 Å². The average molecular weight is 295 g/mol. The summed E-state index contributed by atoms with van der Waals surface area (Å²) in [5.41, 5.74) is 0. The van der Waals surface area contributed by atoms with Gasteiger partial charge in [-0.05, 0) is 25.2 Å². The van der Waals surface area contributed by atoms with E-state index in [2.05, 4.69) is 5.32 Å². The molecule has 4 nitrogen and oxygen atoms in total. The summed E-state index contributed by atoms with van der Waals surface area (Å²) in [6.45, 7) is 1.63. The summed E-state index contributed by atoms with van der Waals surface area (Å²) < 4.78 is 37.9. The molecule has 3 unspecified atom stereocenters. The van der Waals surface area contributed by atoms with Gasteiger partial charge in [0.05, 0.1) is 5.92 Å². The summed E-state index contributed by atoms with van der Waals surface area (Å²) in [4.78, 5) is 22.2. The molecule has 1 rings (SSSR count). The van der Waals surface area contributed by atoms with Crippen molar-refractivity contribution in [1.29, 1.82) is 0 Å². The van der Waals surface area contributed by atoms with Gasteiger partial charge < -0.3 is 10.4 Å². The van der Waals surface area contributed by atoms with Crippen molar-refractivity contribution in [1.82, 2.24) is 5.32 Å². The van der Waals surface area contributed by atoms with Crippen molar-refractivity contribution in [3.63, 3.8) is 0 Å². The molecule has 0 aromatic heterocycles. The molecule has 20 heavy (non-hydrogen) atoms. The molecule has 1 aliphatic carbocycles. The summed E-state index contributed by atoms with van der Waals surface area (Å²) in [5.74, 6) is -3.03. The Morgan fingerprint density at radius 2 is 1.95 bits per heavy atom. The fourth-order valence-electron chi connectivity index (χ4n) is 2.59. The molecule has 0 bridgehead atoms. The van der Waals surface area contributed by atoms with Crippen LogP contribution >= 0.6 is 0 Å². The van der Waals surface area contributed by atoms with Crippen LogP contribution in [0.1, 0.15) is 45.4 Å². The molecule has 116 valence electrons. The van der Waals surface area contributed by atoms with E-state index < -0.39 is 24.1 Å². The Bertz CT molecular complexity index is 357. The Morgan fingerprint density at radius 1 is 1.30 bits per heavy atom. The first-order chi connectivity index (χ1) is 9.18. The van der Waals surface area contributed by atoms with Gasteiger partial charge in [0.15, 0.2) is 0 Å². The van der Waals surface area contributed by atoms with Gasteiger partial charge in [0, 0.05) is 18.9 Å². The lowest BCUT2D eigenvalue weighted by atomic mass is 9.85. The summed E-state index contributed by atoms with van der Waals surface area (Å²) in [7, 11) is 0. The number of carboxylic acid groups (broad SMARTS) is 1. The smallest absolute Gasteiger partial charge is 0.391 e. The van der Waals surface area contributed by atoms with Gasteiger partial charge in [-0.1, -0.05) is 13.3 Å². The Labute approximate surface area is 115 Å². The Balaban J connectivity index is 2.40. The lowest BCUT2D eigenvalue weighted by Gasteiger charge is -2.31. The maximum absolute atomic E-state index is 12.6. The van der Waals surface area contributed by atoms with Crippen LogP contribution in [0.15, 0.2) is 0 Å². The quantitative estimate of drug-likeness (QED) is 0.819. The molecule has 3 atom stereocenters. The van der Waals surface area contributed by atoms with E-state index in [1.54, 1.807) is 6.92 Å². The number of amides is 1. The molecule has 1 aliphatic rings. The Kier molecular flexibility index (Phi) is 5.83. The number of carbonyl (C=O) groups excluding carboxylic acids is 1. The third-order valence-corrected chi connectivity index (χ3v) is 3.56. The number of alkyl halides is 3. The average Bonchev–Trinajstić information content (AvgIpc) is 2.26. The first kappa shape index (κ1) is 16.8. The van der Waals surface area contributed by atoms with Crippen LogP contribution in [0.2, 0.25) is 0 Å². The molecule has 0 aromatic carbocycles. The molecule has 0 spiro atoms. The van der Waals surface area contributed by atoms with Crippen LogP contribution in [0, 0.1) is 11.8 Å². The summed E-state index contributed by atoms with van der Waals surface area (Å²) in [6.07, 6.45) is -3.28. The lowest BCUT2D eigenvalue weighted by Crippen LogP contribution is -2.42. The fraction of sp³-hybridized carbons (Fsp3) is 0.846. The summed E-state index contributed by atoms with van der Waals surface area (Å²) >= 11 is 0. The third kappa shape index (κ3) is 5.79. The predicted molar refractivity (Wildman–Crippen MR) is 66.0 cm³/mol. The molecule has 0 radical (unpaired) electrons. The van der Waals surface area contributed by atoms with Crippen molar-refractivity contribution in [2.24, 2.45) is 11.8 Å². The first-order valence-corrected chi connectivity index (χ1v) is 6.76. The molecule has 0 aromatic rings. The van der Waals surface area contributed by atoms with Gasteiger partial charge in [0.25, 0.3) is 0 Å². The number of carboxylic acids is 1. The lowest BCUT2D eigenvalue weighted by molar-refractivity contribution is -0.184. The highest BCUT2D eigenvalue weighted by atomic mass is 19.4. The molecular weight excluding hydrogens is 275 g/mol. The maximum atomic E-state index is 12.6. The molecule has 7 heteroatoms. The van der Waals surface area contributed by atoms with Crippen LogP contribution in [0.3, 0.4) is 0 Å². The molecule has 0 saturated heterocycles. The number of carbonyl (C=O) groups is 2. The maximum Gasteiger partial charge on any atom is 0.391 e. The molecule has 1 amide bonds. The number of halogens is 3. The van der Waals surface area contributed by atoms with E-state index in [9.17, 15) is 22.8 Å². The molecule has 2 N–H and O–H groups in total. The van der Waals surface area contributed by atoms with Gasteiger partial charge in [-0.3, -0.25) is 9.59 Å². The molecular formula is C13H20F3NO3. The van der Waals surface area contributed by atoms with Gasteiger partial charge in [-0.2, -0.15) is 13.2 Å². The van der Waals surface area contributed by atoms with Crippen molar-refractivity contribution in [3.05, 3.63) is 0 Å². The highest BCUT2D eigenvalue weighted by molar-refractivity contribution is 5.77. The van der Waals surface area contributed by atoms with Crippen molar-refractivity contribution in [3.8, 4) is 0 Å². The van der Waals surface area contributed by atoms with E-state index in [0.29, 0.717) is 12.8 Å². The number of rotatable bonds is 5. The molecule has 1 saturated carbocycles. The highest BCUT2D eigenvalue weighted by Gasteiger charge is 2.42. The van der Waals surface area contributed by atoms with E-state index in [1.807, 2.05) is 0 Å². The van der Waals surface area contributed by atoms with Crippen LogP contribution in [0.25, 0.3) is 0 Å². The summed E-state index contributed by atoms with van der Waals surface area (Å²) in [6, 6.07) is -0.458. The van der Waals surface area contributed by atoms with Gasteiger partial charge in [-0.15, -0.1) is 0 Å². The van der Waals surface area contributed by atoms with Gasteiger partial charge in [0.2, 0.25) is 5.91 Å². The molecule has 1 fully saturated rings. The molecule has 0 aliphatic heterocycles. The van der Waals surface area contributed by atoms with Crippen LogP contribution in [-0.4, -0.2) is 29.2 Å². The Hall–Kier alpha value is -1.27. The second-order valence-electron chi connectivity index (χ2n) is 5.58. The normalized spacial score (nSPS) is 25.0. The van der Waals surface area contributed by atoms with Crippen molar-refractivity contribution < 1.29 is 27.9 Å². The van der Waals surface area contributed by atoms with Crippen LogP contribution in [0.5, 0.6) is 0 Å². The fourth-order valence-corrected chi connectivity index (χ4v) is 2.59. The van der Waals surface area contributed by atoms with Gasteiger partial charge in [0.1, 0.15) is 0 Å². The second-order valence-corrected chi connectivity index (χ2v) is 5.58. The zero-order valence-corrected chi connectivity index (χ0v) is 11.4. The first-order valence-electron chi connectivity index (χ1n) is 6.76. The van der Waals surface area contributed by atoms with Crippen LogP contribution in [0.4, 0.5) is 13.2 Å². The third-order valence-electron chi connectivity index (χ3n) is 3.56. The number of nitrogens with one attached hydrogen (secondary N) is 1. The minimum Gasteiger partial charge on any atom is -0.481 e. The monoisotopic (exact) mass is 295 g/mol. The van der Waals surface area contributed by atoms with E-state index in [1.165, 1.54) is 0 Å². The van der Waals surface area contributed by atoms with Crippen molar-refractivity contribution in [2.45, 2.75) is 57.7 Å². The van der Waals surface area contributed by atoms with Crippen molar-refractivity contribution in [2.75, 3.05) is 0 Å². The zero-order valence-electron chi connectivity index (χ0n) is 11.4. The molecule has 0 heterocycles. The standard InChI is InChI=1S/C13H20F3NO3/c1-8(6-12(19)20)5-11(18)17-10-4-2-3-9(7-10)13(14,15)16/h8-10H,2-7H2,1H3,(H,17,18)(H,19,20).